The normalized spacial score (nSPS) is 14.0. The molecule has 2 aromatic carbocycles. The largest absolute Gasteiger partial charge is 0.383 e. The molecule has 2 heterocycles. The minimum atomic E-state index is 0.455. The molecule has 0 radical (unpaired) electrons. The number of nitrogens with zero attached hydrogens (tertiary/aromatic N) is 4. The summed E-state index contributed by atoms with van der Waals surface area (Å²) >= 11 is 0. The highest BCUT2D eigenvalue weighted by molar-refractivity contribution is 5.88. The van der Waals surface area contributed by atoms with E-state index in [9.17, 15) is 0 Å². The standard InChI is InChI=1S/C21H19N5/c22-20-19-18(25-26(17-9-10-17)21(19)24-13-23-20)12-14-5-4-8-16(11-14)15-6-2-1-3-7-15/h1-8,11,13,17H,9-10,12H2,(H2,22,23,24). The number of nitrogen functional groups attached to an aromatic ring is 1. The van der Waals surface area contributed by atoms with Crippen molar-refractivity contribution >= 4 is 16.9 Å². The molecular formula is C21H19N5. The van der Waals surface area contributed by atoms with E-state index in [4.69, 9.17) is 10.8 Å². The highest BCUT2D eigenvalue weighted by Gasteiger charge is 2.28. The van der Waals surface area contributed by atoms with Crippen LogP contribution in [0.1, 0.15) is 30.1 Å². The number of anilines is 1. The highest BCUT2D eigenvalue weighted by atomic mass is 15.3. The van der Waals surface area contributed by atoms with Gasteiger partial charge in [0.1, 0.15) is 12.1 Å². The Bertz CT molecular complexity index is 1080. The number of hydrogen-bond acceptors (Lipinski definition) is 4. The zero-order valence-electron chi connectivity index (χ0n) is 14.3. The van der Waals surface area contributed by atoms with Gasteiger partial charge in [0, 0.05) is 6.42 Å². The summed E-state index contributed by atoms with van der Waals surface area (Å²) in [5.74, 6) is 0.510. The molecule has 0 amide bonds. The van der Waals surface area contributed by atoms with Crippen LogP contribution in [0, 0.1) is 0 Å². The van der Waals surface area contributed by atoms with E-state index in [0.717, 1.165) is 29.6 Å². The number of benzene rings is 2. The topological polar surface area (TPSA) is 69.6 Å². The molecule has 0 spiro atoms. The lowest BCUT2D eigenvalue weighted by atomic mass is 10.0. The van der Waals surface area contributed by atoms with Crippen molar-refractivity contribution in [2.75, 3.05) is 5.73 Å². The summed E-state index contributed by atoms with van der Waals surface area (Å²) in [4.78, 5) is 8.62. The van der Waals surface area contributed by atoms with Crippen molar-refractivity contribution in [3.05, 3.63) is 72.2 Å². The molecule has 5 nitrogen and oxygen atoms in total. The number of aromatic nitrogens is 4. The SMILES string of the molecule is Nc1ncnc2c1c(Cc1cccc(-c3ccccc3)c1)nn2C1CC1. The van der Waals surface area contributed by atoms with Gasteiger partial charge in [-0.1, -0.05) is 54.6 Å². The van der Waals surface area contributed by atoms with Gasteiger partial charge in [-0.2, -0.15) is 5.10 Å². The van der Waals surface area contributed by atoms with Crippen LogP contribution in [-0.2, 0) is 6.42 Å². The Morgan fingerprint density at radius 2 is 1.77 bits per heavy atom. The maximum Gasteiger partial charge on any atom is 0.163 e. The fraction of sp³-hybridized carbons (Fsp3) is 0.190. The van der Waals surface area contributed by atoms with Gasteiger partial charge < -0.3 is 5.73 Å². The van der Waals surface area contributed by atoms with Crippen LogP contribution in [0.15, 0.2) is 60.9 Å². The second-order valence-electron chi connectivity index (χ2n) is 6.82. The fourth-order valence-corrected chi connectivity index (χ4v) is 3.45. The summed E-state index contributed by atoms with van der Waals surface area (Å²) in [6.45, 7) is 0. The van der Waals surface area contributed by atoms with E-state index >= 15 is 0 Å². The quantitative estimate of drug-likeness (QED) is 0.609. The van der Waals surface area contributed by atoms with E-state index in [1.807, 2.05) is 10.7 Å². The molecule has 0 atom stereocenters. The molecule has 5 heteroatoms. The van der Waals surface area contributed by atoms with Gasteiger partial charge in [-0.3, -0.25) is 0 Å². The van der Waals surface area contributed by atoms with Crippen molar-refractivity contribution in [1.29, 1.82) is 0 Å². The minimum Gasteiger partial charge on any atom is -0.383 e. The van der Waals surface area contributed by atoms with Gasteiger partial charge in [-0.15, -0.1) is 0 Å². The third kappa shape index (κ3) is 2.62. The van der Waals surface area contributed by atoms with E-state index in [2.05, 4.69) is 58.5 Å². The summed E-state index contributed by atoms with van der Waals surface area (Å²) in [6, 6.07) is 19.4. The number of nitrogens with two attached hydrogens (primary N) is 1. The van der Waals surface area contributed by atoms with Gasteiger partial charge in [-0.25, -0.2) is 14.6 Å². The van der Waals surface area contributed by atoms with E-state index in [0.29, 0.717) is 18.3 Å². The van der Waals surface area contributed by atoms with E-state index in [1.54, 1.807) is 0 Å². The lowest BCUT2D eigenvalue weighted by Gasteiger charge is -2.05. The monoisotopic (exact) mass is 341 g/mol. The molecule has 4 aromatic rings. The molecule has 2 aromatic heterocycles. The fourth-order valence-electron chi connectivity index (χ4n) is 3.45. The molecule has 1 saturated carbocycles. The van der Waals surface area contributed by atoms with E-state index in [1.165, 1.54) is 23.0 Å². The second kappa shape index (κ2) is 5.95. The van der Waals surface area contributed by atoms with Gasteiger partial charge in [0.15, 0.2) is 5.65 Å². The van der Waals surface area contributed by atoms with E-state index in [-0.39, 0.29) is 0 Å². The van der Waals surface area contributed by atoms with Gasteiger partial charge in [0.05, 0.1) is 17.1 Å². The van der Waals surface area contributed by atoms with Crippen LogP contribution in [0.5, 0.6) is 0 Å². The Hall–Kier alpha value is -3.21. The zero-order valence-corrected chi connectivity index (χ0v) is 14.3. The molecule has 5 rings (SSSR count). The van der Waals surface area contributed by atoms with Gasteiger partial charge in [0.25, 0.3) is 0 Å². The maximum absolute atomic E-state index is 6.16. The van der Waals surface area contributed by atoms with Crippen molar-refractivity contribution in [3.63, 3.8) is 0 Å². The van der Waals surface area contributed by atoms with Crippen molar-refractivity contribution in [2.45, 2.75) is 25.3 Å². The van der Waals surface area contributed by atoms with Crippen molar-refractivity contribution in [3.8, 4) is 11.1 Å². The molecule has 1 fully saturated rings. The van der Waals surface area contributed by atoms with Crippen LogP contribution in [0.3, 0.4) is 0 Å². The maximum atomic E-state index is 6.16. The lowest BCUT2D eigenvalue weighted by molar-refractivity contribution is 0.648. The van der Waals surface area contributed by atoms with Crippen molar-refractivity contribution < 1.29 is 0 Å². The molecule has 1 aliphatic carbocycles. The van der Waals surface area contributed by atoms with Gasteiger partial charge in [-0.05, 0) is 29.5 Å². The predicted molar refractivity (Wildman–Crippen MR) is 103 cm³/mol. The molecule has 128 valence electrons. The minimum absolute atomic E-state index is 0.455. The third-order valence-corrected chi connectivity index (χ3v) is 4.89. The first kappa shape index (κ1) is 15.1. The summed E-state index contributed by atoms with van der Waals surface area (Å²) in [7, 11) is 0. The second-order valence-corrected chi connectivity index (χ2v) is 6.82. The summed E-state index contributed by atoms with van der Waals surface area (Å²) < 4.78 is 2.03. The average molecular weight is 341 g/mol. The molecular weight excluding hydrogens is 322 g/mol. The Morgan fingerprint density at radius 3 is 2.58 bits per heavy atom. The van der Waals surface area contributed by atoms with Crippen LogP contribution in [0.25, 0.3) is 22.2 Å². The molecule has 0 unspecified atom stereocenters. The first-order chi connectivity index (χ1) is 12.8. The predicted octanol–water partition coefficient (Wildman–Crippen LogP) is 4.00. The summed E-state index contributed by atoms with van der Waals surface area (Å²) in [5.41, 5.74) is 11.6. The molecule has 0 bridgehead atoms. The van der Waals surface area contributed by atoms with Gasteiger partial charge >= 0.3 is 0 Å². The molecule has 1 aliphatic rings. The molecule has 26 heavy (non-hydrogen) atoms. The van der Waals surface area contributed by atoms with E-state index < -0.39 is 0 Å². The Balaban J connectivity index is 1.56. The van der Waals surface area contributed by atoms with Crippen LogP contribution < -0.4 is 5.73 Å². The molecule has 0 aliphatic heterocycles. The first-order valence-electron chi connectivity index (χ1n) is 8.91. The lowest BCUT2D eigenvalue weighted by Crippen LogP contribution is -1.99. The Kier molecular flexibility index (Phi) is 3.45. The number of fused-ring (bicyclic) bond motifs is 1. The van der Waals surface area contributed by atoms with Crippen LogP contribution >= 0.6 is 0 Å². The molecule has 0 saturated heterocycles. The summed E-state index contributed by atoms with van der Waals surface area (Å²) in [5, 5.41) is 5.74. The average Bonchev–Trinajstić information content (AvgIpc) is 3.46. The first-order valence-corrected chi connectivity index (χ1v) is 8.91. The van der Waals surface area contributed by atoms with Crippen molar-refractivity contribution in [1.82, 2.24) is 19.7 Å². The smallest absolute Gasteiger partial charge is 0.163 e. The van der Waals surface area contributed by atoms with Gasteiger partial charge in [0.2, 0.25) is 0 Å². The number of rotatable bonds is 4. The zero-order chi connectivity index (χ0) is 17.5. The van der Waals surface area contributed by atoms with Crippen molar-refractivity contribution in [2.24, 2.45) is 0 Å². The molecule has 2 N–H and O–H groups in total. The third-order valence-electron chi connectivity index (χ3n) is 4.89. The summed E-state index contributed by atoms with van der Waals surface area (Å²) in [6.07, 6.45) is 4.56. The highest BCUT2D eigenvalue weighted by Crippen LogP contribution is 2.38. The Morgan fingerprint density at radius 1 is 0.962 bits per heavy atom. The van der Waals surface area contributed by atoms with Crippen LogP contribution in [0.2, 0.25) is 0 Å². The number of hydrogen-bond donors (Lipinski definition) is 1. The van der Waals surface area contributed by atoms with Crippen LogP contribution in [0.4, 0.5) is 5.82 Å². The Labute approximate surface area is 151 Å². The van der Waals surface area contributed by atoms with Crippen LogP contribution in [-0.4, -0.2) is 19.7 Å².